The van der Waals surface area contributed by atoms with Crippen LogP contribution in [-0.2, 0) is 27.1 Å². The number of esters is 1. The van der Waals surface area contributed by atoms with Crippen LogP contribution in [0.5, 0.6) is 23.0 Å². The number of carbonyl (C=O) groups is 1. The monoisotopic (exact) mass is 534 g/mol. The summed E-state index contributed by atoms with van der Waals surface area (Å²) in [5.74, 6) is 1.12. The number of methoxy groups -OCH3 is 3. The van der Waals surface area contributed by atoms with Gasteiger partial charge in [0.05, 0.1) is 40.5 Å². The number of hydrogen-bond donors (Lipinski definition) is 4. The van der Waals surface area contributed by atoms with E-state index in [1.165, 1.54) is 7.11 Å². The maximum absolute atomic E-state index is 12.6. The topological polar surface area (TPSA) is 153 Å². The molecule has 0 aliphatic carbocycles. The summed E-state index contributed by atoms with van der Waals surface area (Å²) in [5.41, 5.74) is 1.81. The summed E-state index contributed by atoms with van der Waals surface area (Å²) in [6.07, 6.45) is -5.99. The predicted octanol–water partition coefficient (Wildman–Crippen LogP) is 0.466. The molecule has 2 aliphatic heterocycles. The first-order valence-corrected chi connectivity index (χ1v) is 12.3. The molecular weight excluding hydrogens is 500 g/mol. The summed E-state index contributed by atoms with van der Waals surface area (Å²) in [7, 11) is 4.59. The summed E-state index contributed by atoms with van der Waals surface area (Å²) in [6, 6.07) is 10.8. The molecule has 7 atom stereocenters. The number of carbonyl (C=O) groups excluding carboxylic acids is 1. The lowest BCUT2D eigenvalue weighted by Crippen LogP contribution is -2.60. The molecule has 38 heavy (non-hydrogen) atoms. The summed E-state index contributed by atoms with van der Waals surface area (Å²) >= 11 is 0. The second kappa shape index (κ2) is 12.2. The highest BCUT2D eigenvalue weighted by atomic mass is 16.7. The molecule has 4 rings (SSSR count). The van der Waals surface area contributed by atoms with Gasteiger partial charge in [-0.2, -0.15) is 0 Å². The van der Waals surface area contributed by atoms with Crippen LogP contribution in [0.2, 0.25) is 0 Å². The van der Waals surface area contributed by atoms with Crippen LogP contribution < -0.4 is 18.9 Å². The van der Waals surface area contributed by atoms with Crippen LogP contribution in [0.15, 0.2) is 36.4 Å². The van der Waals surface area contributed by atoms with Gasteiger partial charge < -0.3 is 48.8 Å². The van der Waals surface area contributed by atoms with E-state index in [9.17, 15) is 25.2 Å². The fourth-order valence-electron chi connectivity index (χ4n) is 4.85. The minimum atomic E-state index is -1.56. The van der Waals surface area contributed by atoms with Crippen molar-refractivity contribution in [3.8, 4) is 23.0 Å². The Kier molecular flexibility index (Phi) is 8.95. The third-order valence-corrected chi connectivity index (χ3v) is 7.03. The summed E-state index contributed by atoms with van der Waals surface area (Å²) in [5, 5.41) is 39.7. The second-order valence-corrected chi connectivity index (χ2v) is 9.39. The highest BCUT2D eigenvalue weighted by Gasteiger charge is 2.45. The largest absolute Gasteiger partial charge is 0.493 e. The quantitative estimate of drug-likeness (QED) is 0.315. The van der Waals surface area contributed by atoms with Crippen molar-refractivity contribution in [2.75, 3.05) is 34.5 Å². The third-order valence-electron chi connectivity index (χ3n) is 7.03. The van der Waals surface area contributed by atoms with Gasteiger partial charge in [0.25, 0.3) is 0 Å². The van der Waals surface area contributed by atoms with Gasteiger partial charge in [0, 0.05) is 5.92 Å². The van der Waals surface area contributed by atoms with Crippen LogP contribution in [-0.4, -0.2) is 91.6 Å². The van der Waals surface area contributed by atoms with Crippen molar-refractivity contribution in [3.05, 3.63) is 47.5 Å². The van der Waals surface area contributed by atoms with Crippen LogP contribution in [0.25, 0.3) is 0 Å². The zero-order chi connectivity index (χ0) is 27.4. The maximum atomic E-state index is 12.6. The first kappa shape index (κ1) is 27.9. The minimum Gasteiger partial charge on any atom is -0.493 e. The van der Waals surface area contributed by atoms with Gasteiger partial charge in [-0.25, -0.2) is 0 Å². The van der Waals surface area contributed by atoms with Crippen molar-refractivity contribution in [2.45, 2.75) is 43.5 Å². The van der Waals surface area contributed by atoms with Crippen LogP contribution in [0, 0.1) is 11.8 Å². The minimum absolute atomic E-state index is 0.0717. The highest BCUT2D eigenvalue weighted by molar-refractivity contribution is 5.75. The van der Waals surface area contributed by atoms with Gasteiger partial charge in [0.1, 0.15) is 24.4 Å². The first-order valence-electron chi connectivity index (χ1n) is 12.3. The molecule has 0 radical (unpaired) electrons. The van der Waals surface area contributed by atoms with E-state index in [1.807, 2.05) is 18.2 Å². The van der Waals surface area contributed by atoms with E-state index in [2.05, 4.69) is 0 Å². The van der Waals surface area contributed by atoms with Gasteiger partial charge in [-0.05, 0) is 48.2 Å². The van der Waals surface area contributed by atoms with Crippen molar-refractivity contribution in [1.29, 1.82) is 0 Å². The predicted molar refractivity (Wildman–Crippen MR) is 132 cm³/mol. The fourth-order valence-corrected chi connectivity index (χ4v) is 4.85. The third kappa shape index (κ3) is 5.82. The Balaban J connectivity index is 1.47. The molecular formula is C27H34O11. The molecule has 0 amide bonds. The Morgan fingerprint density at radius 3 is 2.05 bits per heavy atom. The maximum Gasteiger partial charge on any atom is 0.309 e. The molecule has 2 aliphatic rings. The fraction of sp³-hybridized carbons (Fsp3) is 0.519. The lowest BCUT2D eigenvalue weighted by atomic mass is 9.85. The summed E-state index contributed by atoms with van der Waals surface area (Å²) in [6.45, 7) is -0.268. The molecule has 208 valence electrons. The number of ether oxygens (including phenoxy) is 6. The Labute approximate surface area is 220 Å². The van der Waals surface area contributed by atoms with E-state index < -0.39 is 37.3 Å². The van der Waals surface area contributed by atoms with E-state index in [1.54, 1.807) is 32.4 Å². The molecule has 0 unspecified atom stereocenters. The molecule has 0 spiro atoms. The van der Waals surface area contributed by atoms with Crippen LogP contribution in [0.3, 0.4) is 0 Å². The molecule has 4 N–H and O–H groups in total. The van der Waals surface area contributed by atoms with Crippen LogP contribution in [0.1, 0.15) is 11.1 Å². The second-order valence-electron chi connectivity index (χ2n) is 9.39. The van der Waals surface area contributed by atoms with Crippen molar-refractivity contribution in [1.82, 2.24) is 0 Å². The average Bonchev–Trinajstić information content (AvgIpc) is 3.27. The molecule has 2 saturated heterocycles. The molecule has 0 bridgehead atoms. The van der Waals surface area contributed by atoms with E-state index >= 15 is 0 Å². The zero-order valence-electron chi connectivity index (χ0n) is 21.5. The lowest BCUT2D eigenvalue weighted by molar-refractivity contribution is -0.277. The van der Waals surface area contributed by atoms with E-state index in [0.717, 1.165) is 11.1 Å². The van der Waals surface area contributed by atoms with Gasteiger partial charge in [-0.15, -0.1) is 0 Å². The SMILES string of the molecule is COc1ccc(C[C@H]2C(=O)OC[C@H]2Cc2ccc(O[C@H]3O[C@@H](CO)[C@H](O)[C@@H](O)[C@@H]3O)c(OC)c2)cc1OC. The standard InChI is InChI=1S/C27H34O11/c1-33-18-6-4-15(11-20(18)34-2)9-17-16(13-36-26(17)32)8-14-5-7-19(21(10-14)35-3)37-27-25(31)24(30)23(29)22(12-28)38-27/h4-7,10-11,16-17,22-25,27-31H,8-9,12-13H2,1-3H3/t16-,17-,22+,23+,24-,25+,27+/m1/s1. The molecule has 11 heteroatoms. The Morgan fingerprint density at radius 2 is 1.42 bits per heavy atom. The van der Waals surface area contributed by atoms with Gasteiger partial charge in [0.2, 0.25) is 6.29 Å². The van der Waals surface area contributed by atoms with E-state index in [4.69, 9.17) is 28.4 Å². The van der Waals surface area contributed by atoms with Crippen molar-refractivity contribution >= 4 is 5.97 Å². The number of rotatable bonds is 10. The molecule has 11 nitrogen and oxygen atoms in total. The number of aliphatic hydroxyl groups is 4. The van der Waals surface area contributed by atoms with Crippen molar-refractivity contribution in [2.24, 2.45) is 11.8 Å². The Bertz CT molecular complexity index is 1100. The zero-order valence-corrected chi connectivity index (χ0v) is 21.5. The average molecular weight is 535 g/mol. The number of aliphatic hydroxyl groups excluding tert-OH is 4. The molecule has 2 aromatic carbocycles. The van der Waals surface area contributed by atoms with Gasteiger partial charge in [-0.1, -0.05) is 12.1 Å². The first-order chi connectivity index (χ1) is 18.3. The normalized spacial score (nSPS) is 29.0. The van der Waals surface area contributed by atoms with Gasteiger partial charge in [-0.3, -0.25) is 4.79 Å². The van der Waals surface area contributed by atoms with Crippen LogP contribution in [0.4, 0.5) is 0 Å². The molecule has 0 saturated carbocycles. The van der Waals surface area contributed by atoms with E-state index in [0.29, 0.717) is 36.7 Å². The van der Waals surface area contributed by atoms with E-state index in [-0.39, 0.29) is 23.6 Å². The van der Waals surface area contributed by atoms with Crippen molar-refractivity contribution < 1.29 is 53.6 Å². The molecule has 0 aromatic heterocycles. The smallest absolute Gasteiger partial charge is 0.309 e. The van der Waals surface area contributed by atoms with Gasteiger partial charge in [0.15, 0.2) is 23.0 Å². The summed E-state index contributed by atoms with van der Waals surface area (Å²) in [4.78, 5) is 12.6. The summed E-state index contributed by atoms with van der Waals surface area (Å²) < 4.78 is 32.7. The van der Waals surface area contributed by atoms with Crippen LogP contribution >= 0.6 is 0 Å². The molecule has 2 aromatic rings. The lowest BCUT2D eigenvalue weighted by Gasteiger charge is -2.39. The van der Waals surface area contributed by atoms with Crippen molar-refractivity contribution in [3.63, 3.8) is 0 Å². The highest BCUT2D eigenvalue weighted by Crippen LogP contribution is 2.36. The van der Waals surface area contributed by atoms with Gasteiger partial charge >= 0.3 is 5.97 Å². The molecule has 2 fully saturated rings. The number of benzene rings is 2. The number of cyclic esters (lactones) is 1. The number of hydrogen-bond acceptors (Lipinski definition) is 11. The Morgan fingerprint density at radius 1 is 0.816 bits per heavy atom. The Hall–Kier alpha value is -3.09. The molecule has 2 heterocycles.